The number of nitrogens with zero attached hydrogens (tertiary/aromatic N) is 1. The zero-order valence-electron chi connectivity index (χ0n) is 7.82. The van der Waals surface area contributed by atoms with Crippen LogP contribution in [0.5, 0.6) is 0 Å². The van der Waals surface area contributed by atoms with Crippen LogP contribution in [-0.4, -0.2) is 4.98 Å². The van der Waals surface area contributed by atoms with Crippen LogP contribution in [0.15, 0.2) is 30.5 Å². The molecule has 0 unspecified atom stereocenters. The Morgan fingerprint density at radius 1 is 1.29 bits per heavy atom. The highest BCUT2D eigenvalue weighted by Gasteiger charge is 2.01. The number of nitrogens with two attached hydrogens (primary N) is 1. The smallest absolute Gasteiger partial charge is 0.0752 e. The molecular weight excluding hydrogens is 198 g/mol. The second-order valence-electron chi connectivity index (χ2n) is 2.97. The molecule has 1 aromatic carbocycles. The van der Waals surface area contributed by atoms with E-state index in [4.69, 9.17) is 5.84 Å². The van der Waals surface area contributed by atoms with Gasteiger partial charge in [-0.1, -0.05) is 18.2 Å². The Hall–Kier alpha value is -1.32. The molecule has 0 aliphatic rings. The van der Waals surface area contributed by atoms with Gasteiger partial charge < -0.3 is 5.43 Å². The molecule has 3 N–H and O–H groups in total. The summed E-state index contributed by atoms with van der Waals surface area (Å²) in [5.41, 5.74) is 5.73. The summed E-state index contributed by atoms with van der Waals surface area (Å²) in [4.78, 5) is 4.29. The van der Waals surface area contributed by atoms with Gasteiger partial charge in [-0.2, -0.15) is 0 Å². The number of aromatic nitrogens is 1. The Kier molecular flexibility index (Phi) is 3.28. The number of rotatable bonds is 1. The van der Waals surface area contributed by atoms with Crippen molar-refractivity contribution < 1.29 is 0 Å². The van der Waals surface area contributed by atoms with Gasteiger partial charge in [0, 0.05) is 11.6 Å². The van der Waals surface area contributed by atoms with Crippen LogP contribution < -0.4 is 11.3 Å². The monoisotopic (exact) mass is 209 g/mol. The number of aryl methyl sites for hydroxylation is 1. The Labute approximate surface area is 88.7 Å². The molecule has 0 saturated carbocycles. The maximum absolute atomic E-state index is 5.39. The van der Waals surface area contributed by atoms with Crippen LogP contribution in [0.3, 0.4) is 0 Å². The van der Waals surface area contributed by atoms with E-state index in [1.54, 1.807) is 6.20 Å². The molecular formula is C10H12ClN3. The van der Waals surface area contributed by atoms with Crippen molar-refractivity contribution in [3.8, 4) is 0 Å². The van der Waals surface area contributed by atoms with Crippen molar-refractivity contribution in [3.63, 3.8) is 0 Å². The van der Waals surface area contributed by atoms with Crippen LogP contribution in [0.4, 0.5) is 5.69 Å². The maximum Gasteiger partial charge on any atom is 0.0752 e. The fourth-order valence-electron chi connectivity index (χ4n) is 1.45. The molecule has 0 fully saturated rings. The van der Waals surface area contributed by atoms with E-state index >= 15 is 0 Å². The van der Waals surface area contributed by atoms with Crippen LogP contribution in [0.25, 0.3) is 10.9 Å². The third kappa shape index (κ3) is 1.64. The summed E-state index contributed by atoms with van der Waals surface area (Å²) in [6, 6.07) is 7.90. The molecule has 2 aromatic rings. The lowest BCUT2D eigenvalue weighted by Crippen LogP contribution is -2.07. The van der Waals surface area contributed by atoms with Crippen LogP contribution in [0.2, 0.25) is 0 Å². The zero-order valence-corrected chi connectivity index (χ0v) is 8.64. The van der Waals surface area contributed by atoms with Gasteiger partial charge in [0.15, 0.2) is 0 Å². The molecule has 0 bridgehead atoms. The molecule has 0 amide bonds. The van der Waals surface area contributed by atoms with Gasteiger partial charge in [-0.3, -0.25) is 10.8 Å². The first kappa shape index (κ1) is 10.8. The Morgan fingerprint density at radius 2 is 2.07 bits per heavy atom. The van der Waals surface area contributed by atoms with Crippen LogP contribution in [0.1, 0.15) is 5.56 Å². The number of fused-ring (bicyclic) bond motifs is 1. The number of benzene rings is 1. The van der Waals surface area contributed by atoms with Gasteiger partial charge >= 0.3 is 0 Å². The minimum atomic E-state index is 0. The average Bonchev–Trinajstić information content (AvgIpc) is 2.18. The predicted octanol–water partition coefficient (Wildman–Crippen LogP) is 2.25. The molecule has 0 aliphatic heterocycles. The molecule has 74 valence electrons. The number of hydrazine groups is 1. The number of anilines is 1. The van der Waals surface area contributed by atoms with Crippen LogP contribution in [-0.2, 0) is 0 Å². The number of pyridine rings is 1. The highest BCUT2D eigenvalue weighted by atomic mass is 35.5. The molecule has 14 heavy (non-hydrogen) atoms. The fraction of sp³-hybridized carbons (Fsp3) is 0.100. The third-order valence-electron chi connectivity index (χ3n) is 2.13. The summed E-state index contributed by atoms with van der Waals surface area (Å²) in [7, 11) is 0. The van der Waals surface area contributed by atoms with Crippen LogP contribution >= 0.6 is 12.4 Å². The van der Waals surface area contributed by atoms with E-state index in [2.05, 4.69) is 10.4 Å². The van der Waals surface area contributed by atoms with E-state index in [0.29, 0.717) is 0 Å². The fourth-order valence-corrected chi connectivity index (χ4v) is 1.45. The van der Waals surface area contributed by atoms with Gasteiger partial charge in [0.05, 0.1) is 11.2 Å². The quantitative estimate of drug-likeness (QED) is 0.560. The molecule has 1 heterocycles. The first-order valence-corrected chi connectivity index (χ1v) is 4.14. The van der Waals surface area contributed by atoms with Crippen molar-refractivity contribution in [2.45, 2.75) is 6.92 Å². The number of para-hydroxylation sites is 1. The maximum atomic E-state index is 5.39. The lowest BCUT2D eigenvalue weighted by atomic mass is 10.1. The van der Waals surface area contributed by atoms with Crippen molar-refractivity contribution in [3.05, 3.63) is 36.0 Å². The number of nitrogens with one attached hydrogen (secondary N) is 1. The number of nitrogen functional groups attached to an aromatic ring is 1. The average molecular weight is 210 g/mol. The highest BCUT2D eigenvalue weighted by Crippen LogP contribution is 2.22. The minimum Gasteiger partial charge on any atom is -0.323 e. The summed E-state index contributed by atoms with van der Waals surface area (Å²) in [5, 5.41) is 1.06. The van der Waals surface area contributed by atoms with Gasteiger partial charge in [0.25, 0.3) is 0 Å². The third-order valence-corrected chi connectivity index (χ3v) is 2.13. The molecule has 0 saturated heterocycles. The van der Waals surface area contributed by atoms with Gasteiger partial charge in [0.2, 0.25) is 0 Å². The van der Waals surface area contributed by atoms with Gasteiger partial charge in [-0.25, -0.2) is 0 Å². The lowest BCUT2D eigenvalue weighted by molar-refractivity contribution is 1.32. The molecule has 2 rings (SSSR count). The van der Waals surface area contributed by atoms with E-state index in [-0.39, 0.29) is 12.4 Å². The molecule has 3 nitrogen and oxygen atoms in total. The Balaban J connectivity index is 0.000000980. The second-order valence-corrected chi connectivity index (χ2v) is 2.97. The summed E-state index contributed by atoms with van der Waals surface area (Å²) >= 11 is 0. The molecule has 0 aliphatic carbocycles. The largest absolute Gasteiger partial charge is 0.323 e. The van der Waals surface area contributed by atoms with Crippen molar-refractivity contribution in [1.82, 2.24) is 4.98 Å². The second kappa shape index (κ2) is 4.26. The van der Waals surface area contributed by atoms with Gasteiger partial charge in [0.1, 0.15) is 0 Å². The standard InChI is InChI=1S/C10H11N3.ClH/c1-7-3-2-4-8-9(13-11)5-6-12-10(7)8;/h2-6H,11H2,1H3,(H,12,13);1H. The number of halogens is 1. The van der Waals surface area contributed by atoms with E-state index in [1.807, 2.05) is 31.2 Å². The normalized spacial score (nSPS) is 9.57. The number of hydrogen-bond acceptors (Lipinski definition) is 3. The Bertz CT molecular complexity index is 442. The molecule has 0 spiro atoms. The predicted molar refractivity (Wildman–Crippen MR) is 61.5 cm³/mol. The molecule has 1 aromatic heterocycles. The molecule has 0 radical (unpaired) electrons. The SMILES string of the molecule is Cc1cccc2c(NN)ccnc12.Cl. The Morgan fingerprint density at radius 3 is 2.79 bits per heavy atom. The van der Waals surface area contributed by atoms with Crippen molar-refractivity contribution in [1.29, 1.82) is 0 Å². The van der Waals surface area contributed by atoms with E-state index in [1.165, 1.54) is 0 Å². The van der Waals surface area contributed by atoms with E-state index in [9.17, 15) is 0 Å². The van der Waals surface area contributed by atoms with Crippen molar-refractivity contribution in [2.75, 3.05) is 5.43 Å². The van der Waals surface area contributed by atoms with Crippen molar-refractivity contribution in [2.24, 2.45) is 5.84 Å². The summed E-state index contributed by atoms with van der Waals surface area (Å²) in [6.45, 7) is 2.04. The first-order chi connectivity index (χ1) is 6.33. The van der Waals surface area contributed by atoms with Crippen LogP contribution in [0, 0.1) is 6.92 Å². The van der Waals surface area contributed by atoms with Gasteiger partial charge in [-0.15, -0.1) is 12.4 Å². The zero-order chi connectivity index (χ0) is 9.26. The highest BCUT2D eigenvalue weighted by molar-refractivity contribution is 5.92. The van der Waals surface area contributed by atoms with Gasteiger partial charge in [-0.05, 0) is 18.6 Å². The molecule has 4 heteroatoms. The first-order valence-electron chi connectivity index (χ1n) is 4.14. The van der Waals surface area contributed by atoms with Crippen molar-refractivity contribution >= 4 is 29.0 Å². The lowest BCUT2D eigenvalue weighted by Gasteiger charge is -2.05. The molecule has 0 atom stereocenters. The summed E-state index contributed by atoms with van der Waals surface area (Å²) in [5.74, 6) is 5.39. The van der Waals surface area contributed by atoms with E-state index < -0.39 is 0 Å². The summed E-state index contributed by atoms with van der Waals surface area (Å²) in [6.07, 6.45) is 1.75. The minimum absolute atomic E-state index is 0. The topological polar surface area (TPSA) is 50.9 Å². The summed E-state index contributed by atoms with van der Waals surface area (Å²) < 4.78 is 0. The number of hydrogen-bond donors (Lipinski definition) is 2. The van der Waals surface area contributed by atoms with E-state index in [0.717, 1.165) is 22.2 Å².